The van der Waals surface area contributed by atoms with Gasteiger partial charge in [-0.2, -0.15) is 0 Å². The molecule has 0 bridgehead atoms. The summed E-state index contributed by atoms with van der Waals surface area (Å²) in [7, 11) is 1.55. The molecule has 1 amide bonds. The molecule has 1 aromatic rings. The second-order valence-corrected chi connectivity index (χ2v) is 4.97. The molecular weight excluding hydrogens is 300 g/mol. The molecule has 0 atom stereocenters. The van der Waals surface area contributed by atoms with Crippen LogP contribution in [-0.2, 0) is 4.74 Å². The van der Waals surface area contributed by atoms with E-state index in [4.69, 9.17) is 16.3 Å². The van der Waals surface area contributed by atoms with Crippen LogP contribution < -0.4 is 16.3 Å². The summed E-state index contributed by atoms with van der Waals surface area (Å²) in [6.45, 7) is 5.64. The minimum absolute atomic E-state index is 0.106. The second kappa shape index (κ2) is 7.11. The van der Waals surface area contributed by atoms with Crippen molar-refractivity contribution in [2.75, 3.05) is 24.9 Å². The number of amides is 1. The maximum atomic E-state index is 12.1. The number of anilines is 1. The third-order valence-electron chi connectivity index (χ3n) is 2.36. The lowest BCUT2D eigenvalue weighted by atomic mass is 10.1. The van der Waals surface area contributed by atoms with Gasteiger partial charge in [-0.25, -0.2) is 9.59 Å². The zero-order valence-electron chi connectivity index (χ0n) is 12.4. The summed E-state index contributed by atoms with van der Waals surface area (Å²) in [6.07, 6.45) is 1.11. The van der Waals surface area contributed by atoms with Crippen LogP contribution in [0.3, 0.4) is 0 Å². The molecule has 9 nitrogen and oxygen atoms in total. The number of nitrogens with zero attached hydrogens (tertiary/aromatic N) is 4. The summed E-state index contributed by atoms with van der Waals surface area (Å²) in [5.41, 5.74) is -1.39. The lowest BCUT2D eigenvalue weighted by Crippen LogP contribution is -2.49. The number of rotatable bonds is 6. The van der Waals surface area contributed by atoms with Gasteiger partial charge in [-0.15, -0.1) is 31.2 Å². The van der Waals surface area contributed by atoms with E-state index in [1.54, 1.807) is 27.8 Å². The van der Waals surface area contributed by atoms with Gasteiger partial charge in [-0.3, -0.25) is 0 Å². The molecule has 0 aliphatic rings. The Morgan fingerprint density at radius 1 is 1.57 bits per heavy atom. The van der Waals surface area contributed by atoms with Crippen LogP contribution in [0.4, 0.5) is 10.7 Å². The van der Waals surface area contributed by atoms with Crippen LogP contribution >= 0.6 is 11.6 Å². The second-order valence-electron chi connectivity index (χ2n) is 4.70. The maximum Gasteiger partial charge on any atom is 0.377 e. The molecule has 1 aromatic heterocycles. The van der Waals surface area contributed by atoms with E-state index in [1.165, 1.54) is 0 Å². The molecule has 10 heteroatoms. The van der Waals surface area contributed by atoms with Crippen LogP contribution in [0.5, 0.6) is 0 Å². The van der Waals surface area contributed by atoms with Gasteiger partial charge in [-0.1, -0.05) is 0 Å². The molecule has 0 spiro atoms. The first kappa shape index (κ1) is 17.0. The average molecular weight is 319 g/mol. The summed E-state index contributed by atoms with van der Waals surface area (Å²) >= 11 is 5.73. The summed E-state index contributed by atoms with van der Waals surface area (Å²) in [5.74, 6) is 0.296. The fourth-order valence-corrected chi connectivity index (χ4v) is 1.35. The van der Waals surface area contributed by atoms with Crippen molar-refractivity contribution in [3.05, 3.63) is 10.5 Å². The number of ether oxygens (including phenoxy) is 1. The van der Waals surface area contributed by atoms with E-state index in [0.717, 1.165) is 11.1 Å². The van der Waals surface area contributed by atoms with Crippen molar-refractivity contribution in [1.82, 2.24) is 19.8 Å². The number of carbonyl (C=O) groups excluding carboxylic acids is 1. The van der Waals surface area contributed by atoms with Gasteiger partial charge in [0.25, 0.3) is 0 Å². The van der Waals surface area contributed by atoms with Crippen molar-refractivity contribution in [3.63, 3.8) is 0 Å². The van der Waals surface area contributed by atoms with Crippen LogP contribution in [-0.4, -0.2) is 52.0 Å². The van der Waals surface area contributed by atoms with Gasteiger partial charge in [-0.05, 0) is 20.8 Å². The minimum Gasteiger partial charge on any atom is -0.482 e. The molecule has 0 aliphatic carbocycles. The lowest BCUT2D eigenvalue weighted by Gasteiger charge is -2.22. The highest BCUT2D eigenvalue weighted by molar-refractivity contribution is 6.18. The number of halogens is 1. The van der Waals surface area contributed by atoms with Gasteiger partial charge in [0.2, 0.25) is 5.95 Å². The molecule has 0 fully saturated rings. The number of alkyl halides is 1. The third kappa shape index (κ3) is 4.22. The molecule has 1 rings (SSSR count). The van der Waals surface area contributed by atoms with Crippen LogP contribution in [0, 0.1) is 0 Å². The van der Waals surface area contributed by atoms with Gasteiger partial charge >= 0.3 is 11.7 Å². The Morgan fingerprint density at radius 2 is 2.24 bits per heavy atom. The van der Waals surface area contributed by atoms with Crippen LogP contribution in [0.25, 0.3) is 0 Å². The molecule has 118 valence electrons. The SMILES string of the molecule is CCOC=Nn1c(NC)nn(C(=O)NC(C)(C)CCl)c1=O. The molecule has 2 N–H and O–H groups in total. The largest absolute Gasteiger partial charge is 0.482 e. The van der Waals surface area contributed by atoms with E-state index in [0.29, 0.717) is 11.3 Å². The van der Waals surface area contributed by atoms with Crippen LogP contribution in [0.1, 0.15) is 20.8 Å². The summed E-state index contributed by atoms with van der Waals surface area (Å²) in [6, 6.07) is -0.687. The number of hydrogen-bond donors (Lipinski definition) is 2. The normalized spacial score (nSPS) is 11.7. The Kier molecular flexibility index (Phi) is 5.77. The molecule has 0 aromatic carbocycles. The van der Waals surface area contributed by atoms with E-state index in [9.17, 15) is 9.59 Å². The predicted molar refractivity (Wildman–Crippen MR) is 80.3 cm³/mol. The fraction of sp³-hybridized carbons (Fsp3) is 0.636. The summed E-state index contributed by atoms with van der Waals surface area (Å²) in [5, 5.41) is 12.9. The van der Waals surface area contributed by atoms with Crippen molar-refractivity contribution < 1.29 is 9.53 Å². The van der Waals surface area contributed by atoms with E-state index in [1.807, 2.05) is 0 Å². The van der Waals surface area contributed by atoms with Gasteiger partial charge in [0.05, 0.1) is 6.61 Å². The number of aromatic nitrogens is 3. The number of carbonyl (C=O) groups is 1. The van der Waals surface area contributed by atoms with E-state index in [2.05, 4.69) is 20.8 Å². The topological polar surface area (TPSA) is 103 Å². The molecular formula is C11H19ClN6O3. The van der Waals surface area contributed by atoms with Crippen molar-refractivity contribution in [1.29, 1.82) is 0 Å². The zero-order chi connectivity index (χ0) is 16.0. The zero-order valence-corrected chi connectivity index (χ0v) is 13.1. The van der Waals surface area contributed by atoms with Crippen molar-refractivity contribution in [3.8, 4) is 0 Å². The standard InChI is InChI=1S/C11H19ClN6O3/c1-5-21-7-14-17-8(13-4)16-18(10(17)20)9(19)15-11(2,3)6-12/h7H,5-6H2,1-4H3,(H,13,16)(H,15,19). The van der Waals surface area contributed by atoms with Gasteiger partial charge < -0.3 is 15.4 Å². The highest BCUT2D eigenvalue weighted by Gasteiger charge is 2.24. The van der Waals surface area contributed by atoms with Crippen molar-refractivity contribution >= 4 is 30.0 Å². The molecule has 0 radical (unpaired) electrons. The molecule has 0 saturated carbocycles. The fourth-order valence-electron chi connectivity index (χ4n) is 1.28. The van der Waals surface area contributed by atoms with Gasteiger partial charge in [0, 0.05) is 18.5 Å². The van der Waals surface area contributed by atoms with Crippen molar-refractivity contribution in [2.24, 2.45) is 5.10 Å². The Hall–Kier alpha value is -2.03. The van der Waals surface area contributed by atoms with Gasteiger partial charge in [0.1, 0.15) is 0 Å². The molecule has 0 unspecified atom stereocenters. The third-order valence-corrected chi connectivity index (χ3v) is 3.03. The first-order chi connectivity index (χ1) is 9.86. The molecule has 0 saturated heterocycles. The molecule has 0 aliphatic heterocycles. The highest BCUT2D eigenvalue weighted by atomic mass is 35.5. The Morgan fingerprint density at radius 3 is 2.76 bits per heavy atom. The van der Waals surface area contributed by atoms with E-state index >= 15 is 0 Å². The van der Waals surface area contributed by atoms with E-state index < -0.39 is 17.3 Å². The Balaban J connectivity index is 3.10. The molecule has 21 heavy (non-hydrogen) atoms. The average Bonchev–Trinajstić information content (AvgIpc) is 2.76. The van der Waals surface area contributed by atoms with E-state index in [-0.39, 0.29) is 11.8 Å². The monoisotopic (exact) mass is 318 g/mol. The smallest absolute Gasteiger partial charge is 0.377 e. The summed E-state index contributed by atoms with van der Waals surface area (Å²) in [4.78, 5) is 24.2. The quantitative estimate of drug-likeness (QED) is 0.451. The Bertz CT molecular complexity index is 577. The lowest BCUT2D eigenvalue weighted by molar-refractivity contribution is 0.230. The highest BCUT2D eigenvalue weighted by Crippen LogP contribution is 2.05. The first-order valence-corrected chi connectivity index (χ1v) is 6.82. The van der Waals surface area contributed by atoms with Crippen molar-refractivity contribution in [2.45, 2.75) is 26.3 Å². The minimum atomic E-state index is -0.724. The Labute approximate surface area is 126 Å². The number of nitrogens with one attached hydrogen (secondary N) is 2. The van der Waals surface area contributed by atoms with Crippen LogP contribution in [0.2, 0.25) is 0 Å². The summed E-state index contributed by atoms with van der Waals surface area (Å²) < 4.78 is 6.52. The number of hydrogen-bond acceptors (Lipinski definition) is 6. The van der Waals surface area contributed by atoms with Crippen LogP contribution in [0.15, 0.2) is 9.90 Å². The predicted octanol–water partition coefficient (Wildman–Crippen LogP) is 0.489. The maximum absolute atomic E-state index is 12.1. The first-order valence-electron chi connectivity index (χ1n) is 6.29. The molecule has 1 heterocycles. The van der Waals surface area contributed by atoms with Gasteiger partial charge in [0.15, 0.2) is 6.40 Å².